The van der Waals surface area contributed by atoms with Crippen molar-refractivity contribution < 1.29 is 0 Å². The summed E-state index contributed by atoms with van der Waals surface area (Å²) in [7, 11) is 0. The zero-order chi connectivity index (χ0) is 7.66. The van der Waals surface area contributed by atoms with Gasteiger partial charge in [0.2, 0.25) is 0 Å². The fraction of sp³-hybridized carbons (Fsp3) is 0.750. The summed E-state index contributed by atoms with van der Waals surface area (Å²) in [5.74, 6) is 2.51. The molecule has 1 N–H and O–H groups in total. The third kappa shape index (κ3) is 7.89. The Morgan fingerprint density at radius 3 is 2.80 bits per heavy atom. The number of nitrogens with one attached hydrogen (secondary N) is 1. The molecule has 0 radical (unpaired) electrons. The Kier molecular flexibility index (Phi) is 8.79. The Balaban J connectivity index is 2.77. The molecule has 0 unspecified atom stereocenters. The number of allylic oxidation sites excluding steroid dienone is 1. The smallest absolute Gasteiger partial charge is 0.0232 e. The number of rotatable bonds is 6. The van der Waals surface area contributed by atoms with E-state index in [1.54, 1.807) is 0 Å². The third-order valence-corrected chi connectivity index (χ3v) is 2.21. The fourth-order valence-electron chi connectivity index (χ4n) is 0.579. The Morgan fingerprint density at radius 2 is 2.20 bits per heavy atom. The monoisotopic (exact) mass is 159 g/mol. The normalized spacial score (nSPS) is 10.6. The van der Waals surface area contributed by atoms with Gasteiger partial charge in [-0.05, 0) is 25.3 Å². The molecule has 0 aliphatic carbocycles. The minimum Gasteiger partial charge on any atom is -0.390 e. The molecule has 0 aromatic rings. The summed E-state index contributed by atoms with van der Waals surface area (Å²) in [5.41, 5.74) is 0. The zero-order valence-electron chi connectivity index (χ0n) is 6.89. The highest BCUT2D eigenvalue weighted by Crippen LogP contribution is 1.99. The van der Waals surface area contributed by atoms with Crippen molar-refractivity contribution in [2.75, 3.05) is 18.1 Å². The molecule has 0 amide bonds. The van der Waals surface area contributed by atoms with Crippen molar-refractivity contribution in [1.82, 2.24) is 5.32 Å². The van der Waals surface area contributed by atoms with Crippen LogP contribution in [-0.2, 0) is 0 Å². The van der Waals surface area contributed by atoms with Crippen LogP contribution in [0.15, 0.2) is 12.3 Å². The Labute approximate surface area is 68.3 Å². The maximum absolute atomic E-state index is 3.19. The minimum atomic E-state index is 1.09. The van der Waals surface area contributed by atoms with Crippen LogP contribution in [0.2, 0.25) is 0 Å². The van der Waals surface area contributed by atoms with Gasteiger partial charge < -0.3 is 5.32 Å². The second kappa shape index (κ2) is 8.89. The first-order chi connectivity index (χ1) is 4.91. The quantitative estimate of drug-likeness (QED) is 0.597. The minimum absolute atomic E-state index is 1.09. The molecule has 0 saturated heterocycles. The third-order valence-electron chi connectivity index (χ3n) is 1.02. The fourth-order valence-corrected chi connectivity index (χ4v) is 1.33. The molecule has 0 spiro atoms. The van der Waals surface area contributed by atoms with E-state index in [1.807, 2.05) is 31.0 Å². The predicted molar refractivity (Wildman–Crippen MR) is 50.4 cm³/mol. The van der Waals surface area contributed by atoms with E-state index in [4.69, 9.17) is 0 Å². The standard InChI is InChI=1S/C8H17NS/c1-3-5-9-6-8-10-7-4-2/h3,5,9H,4,6-8H2,1-2H3. The maximum atomic E-state index is 3.19. The summed E-state index contributed by atoms with van der Waals surface area (Å²) in [4.78, 5) is 0. The van der Waals surface area contributed by atoms with Gasteiger partial charge in [0.05, 0.1) is 0 Å². The lowest BCUT2D eigenvalue weighted by atomic mass is 10.6. The van der Waals surface area contributed by atoms with Crippen LogP contribution in [0.25, 0.3) is 0 Å². The number of thioether (sulfide) groups is 1. The molecule has 2 heteroatoms. The van der Waals surface area contributed by atoms with Crippen LogP contribution in [0, 0.1) is 0 Å². The molecule has 1 nitrogen and oxygen atoms in total. The summed E-state index contributed by atoms with van der Waals surface area (Å²) in [6.45, 7) is 5.33. The van der Waals surface area contributed by atoms with Crippen LogP contribution >= 0.6 is 11.8 Å². The van der Waals surface area contributed by atoms with Crippen molar-refractivity contribution in [2.45, 2.75) is 20.3 Å². The maximum Gasteiger partial charge on any atom is 0.0232 e. The highest BCUT2D eigenvalue weighted by molar-refractivity contribution is 7.99. The molecular formula is C8H17NS. The van der Waals surface area contributed by atoms with Gasteiger partial charge in [-0.3, -0.25) is 0 Å². The molecule has 0 heterocycles. The lowest BCUT2D eigenvalue weighted by molar-refractivity contribution is 0.925. The van der Waals surface area contributed by atoms with Crippen LogP contribution < -0.4 is 5.32 Å². The summed E-state index contributed by atoms with van der Waals surface area (Å²) in [6.07, 6.45) is 5.30. The molecule has 0 aliphatic rings. The van der Waals surface area contributed by atoms with Gasteiger partial charge in [0, 0.05) is 12.3 Å². The van der Waals surface area contributed by atoms with Crippen molar-refractivity contribution in [3.05, 3.63) is 12.3 Å². The van der Waals surface area contributed by atoms with E-state index in [0.717, 1.165) is 6.54 Å². The van der Waals surface area contributed by atoms with Gasteiger partial charge >= 0.3 is 0 Å². The first-order valence-corrected chi connectivity index (χ1v) is 4.99. The molecule has 0 saturated carbocycles. The number of hydrogen-bond donors (Lipinski definition) is 1. The largest absolute Gasteiger partial charge is 0.390 e. The Morgan fingerprint density at radius 1 is 1.40 bits per heavy atom. The van der Waals surface area contributed by atoms with Gasteiger partial charge in [-0.15, -0.1) is 0 Å². The van der Waals surface area contributed by atoms with Gasteiger partial charge in [-0.2, -0.15) is 11.8 Å². The van der Waals surface area contributed by atoms with E-state index in [-0.39, 0.29) is 0 Å². The van der Waals surface area contributed by atoms with Gasteiger partial charge in [0.25, 0.3) is 0 Å². The van der Waals surface area contributed by atoms with E-state index in [0.29, 0.717) is 0 Å². The van der Waals surface area contributed by atoms with Crippen LogP contribution in [-0.4, -0.2) is 18.1 Å². The van der Waals surface area contributed by atoms with Crippen molar-refractivity contribution in [3.8, 4) is 0 Å². The molecule has 0 aromatic carbocycles. The molecule has 0 aromatic heterocycles. The summed E-state index contributed by atoms with van der Waals surface area (Å²) in [6, 6.07) is 0. The van der Waals surface area contributed by atoms with E-state index in [9.17, 15) is 0 Å². The van der Waals surface area contributed by atoms with E-state index in [2.05, 4.69) is 12.2 Å². The molecular weight excluding hydrogens is 142 g/mol. The van der Waals surface area contributed by atoms with Gasteiger partial charge in [0.1, 0.15) is 0 Å². The van der Waals surface area contributed by atoms with Gasteiger partial charge in [-0.1, -0.05) is 13.0 Å². The molecule has 0 aliphatic heterocycles. The summed E-state index contributed by atoms with van der Waals surface area (Å²) in [5, 5.41) is 3.19. The zero-order valence-corrected chi connectivity index (χ0v) is 7.71. The van der Waals surface area contributed by atoms with E-state index >= 15 is 0 Å². The van der Waals surface area contributed by atoms with Crippen molar-refractivity contribution >= 4 is 11.8 Å². The van der Waals surface area contributed by atoms with E-state index in [1.165, 1.54) is 17.9 Å². The molecule has 0 bridgehead atoms. The van der Waals surface area contributed by atoms with Crippen LogP contribution in [0.3, 0.4) is 0 Å². The van der Waals surface area contributed by atoms with Crippen LogP contribution in [0.1, 0.15) is 20.3 Å². The molecule has 60 valence electrons. The average Bonchev–Trinajstić information content (AvgIpc) is 1.97. The van der Waals surface area contributed by atoms with Crippen molar-refractivity contribution in [2.24, 2.45) is 0 Å². The highest BCUT2D eigenvalue weighted by atomic mass is 32.2. The number of hydrogen-bond acceptors (Lipinski definition) is 2. The predicted octanol–water partition coefficient (Wildman–Crippen LogP) is 2.25. The second-order valence-electron chi connectivity index (χ2n) is 2.07. The SMILES string of the molecule is CC=CNCCSCCC. The Hall–Kier alpha value is -0.110. The summed E-state index contributed by atoms with van der Waals surface area (Å²) >= 11 is 2.01. The van der Waals surface area contributed by atoms with Crippen LogP contribution in [0.5, 0.6) is 0 Å². The highest BCUT2D eigenvalue weighted by Gasteiger charge is 1.83. The lowest BCUT2D eigenvalue weighted by Crippen LogP contribution is -2.08. The first-order valence-electron chi connectivity index (χ1n) is 3.84. The first kappa shape index (κ1) is 9.89. The average molecular weight is 159 g/mol. The lowest BCUT2D eigenvalue weighted by Gasteiger charge is -1.98. The molecule has 0 rings (SSSR count). The molecule has 10 heavy (non-hydrogen) atoms. The van der Waals surface area contributed by atoms with E-state index < -0.39 is 0 Å². The van der Waals surface area contributed by atoms with Crippen LogP contribution in [0.4, 0.5) is 0 Å². The molecule has 0 atom stereocenters. The summed E-state index contributed by atoms with van der Waals surface area (Å²) < 4.78 is 0. The molecule has 0 fully saturated rings. The topological polar surface area (TPSA) is 12.0 Å². The van der Waals surface area contributed by atoms with Gasteiger partial charge in [-0.25, -0.2) is 0 Å². The second-order valence-corrected chi connectivity index (χ2v) is 3.29. The van der Waals surface area contributed by atoms with Gasteiger partial charge in [0.15, 0.2) is 0 Å². The van der Waals surface area contributed by atoms with Crippen molar-refractivity contribution in [1.29, 1.82) is 0 Å². The van der Waals surface area contributed by atoms with Crippen molar-refractivity contribution in [3.63, 3.8) is 0 Å². The Bertz CT molecular complexity index is 81.3.